The van der Waals surface area contributed by atoms with Crippen LogP contribution in [0.4, 0.5) is 5.13 Å². The Morgan fingerprint density at radius 2 is 1.92 bits per heavy atom. The standard InChI is InChI=1S/C19H16Cl2N2O2S/c1-11-4-3-5-12(2)18(11)25-9-17(24)23-19-22-16(10-26-19)14-7-6-13(20)8-15(14)21/h3-8,10H,9H2,1-2H3,(H,22,23,24). The van der Waals surface area contributed by atoms with Crippen molar-refractivity contribution in [2.75, 3.05) is 11.9 Å². The SMILES string of the molecule is Cc1cccc(C)c1OCC(=O)Nc1nc(-c2ccc(Cl)cc2Cl)cs1. The maximum Gasteiger partial charge on any atom is 0.264 e. The van der Waals surface area contributed by atoms with E-state index in [1.165, 1.54) is 11.3 Å². The molecule has 2 aromatic carbocycles. The number of ether oxygens (including phenoxy) is 1. The van der Waals surface area contributed by atoms with Gasteiger partial charge in [-0.25, -0.2) is 4.98 Å². The number of aromatic nitrogens is 1. The fraction of sp³-hybridized carbons (Fsp3) is 0.158. The van der Waals surface area contributed by atoms with Gasteiger partial charge in [0, 0.05) is 16.0 Å². The molecule has 134 valence electrons. The van der Waals surface area contributed by atoms with E-state index < -0.39 is 0 Å². The number of nitrogens with zero attached hydrogens (tertiary/aromatic N) is 1. The third-order valence-corrected chi connectivity index (χ3v) is 5.02. The second-order valence-corrected chi connectivity index (χ2v) is 7.42. The highest BCUT2D eigenvalue weighted by Crippen LogP contribution is 2.32. The van der Waals surface area contributed by atoms with Gasteiger partial charge < -0.3 is 4.74 Å². The lowest BCUT2D eigenvalue weighted by Gasteiger charge is -2.11. The summed E-state index contributed by atoms with van der Waals surface area (Å²) in [4.78, 5) is 16.6. The maximum atomic E-state index is 12.2. The molecule has 1 heterocycles. The molecule has 0 aliphatic rings. The summed E-state index contributed by atoms with van der Waals surface area (Å²) in [6.07, 6.45) is 0. The molecule has 0 saturated carbocycles. The number of hydrogen-bond donors (Lipinski definition) is 1. The number of hydrogen-bond acceptors (Lipinski definition) is 4. The number of nitrogens with one attached hydrogen (secondary N) is 1. The lowest BCUT2D eigenvalue weighted by atomic mass is 10.1. The van der Waals surface area contributed by atoms with Gasteiger partial charge in [-0.05, 0) is 43.2 Å². The van der Waals surface area contributed by atoms with Gasteiger partial charge in [0.1, 0.15) is 5.75 Å². The van der Waals surface area contributed by atoms with E-state index in [0.717, 1.165) is 22.4 Å². The molecule has 3 rings (SSSR count). The average Bonchev–Trinajstić information content (AvgIpc) is 3.02. The van der Waals surface area contributed by atoms with Crippen LogP contribution in [0.1, 0.15) is 11.1 Å². The number of benzene rings is 2. The van der Waals surface area contributed by atoms with E-state index in [-0.39, 0.29) is 12.5 Å². The summed E-state index contributed by atoms with van der Waals surface area (Å²) in [6.45, 7) is 3.81. The van der Waals surface area contributed by atoms with Crippen molar-refractivity contribution in [3.63, 3.8) is 0 Å². The molecular formula is C19H16Cl2N2O2S. The number of halogens is 2. The lowest BCUT2D eigenvalue weighted by Crippen LogP contribution is -2.20. The Morgan fingerprint density at radius 3 is 2.62 bits per heavy atom. The fourth-order valence-corrected chi connectivity index (χ4v) is 3.70. The Hall–Kier alpha value is -2.08. The molecule has 1 N–H and O–H groups in total. The molecule has 7 heteroatoms. The van der Waals surface area contributed by atoms with Crippen LogP contribution >= 0.6 is 34.5 Å². The van der Waals surface area contributed by atoms with Gasteiger partial charge in [0.05, 0.1) is 10.7 Å². The van der Waals surface area contributed by atoms with E-state index >= 15 is 0 Å². The Labute approximate surface area is 165 Å². The maximum absolute atomic E-state index is 12.2. The van der Waals surface area contributed by atoms with Crippen molar-refractivity contribution in [1.29, 1.82) is 0 Å². The lowest BCUT2D eigenvalue weighted by molar-refractivity contribution is -0.118. The normalized spacial score (nSPS) is 10.6. The van der Waals surface area contributed by atoms with Crippen LogP contribution in [0.5, 0.6) is 5.75 Å². The highest BCUT2D eigenvalue weighted by Gasteiger charge is 2.12. The van der Waals surface area contributed by atoms with Crippen LogP contribution in [-0.4, -0.2) is 17.5 Å². The fourth-order valence-electron chi connectivity index (χ4n) is 2.47. The van der Waals surface area contributed by atoms with Crippen LogP contribution in [0.15, 0.2) is 41.8 Å². The van der Waals surface area contributed by atoms with Crippen molar-refractivity contribution in [3.8, 4) is 17.0 Å². The Balaban J connectivity index is 1.64. The van der Waals surface area contributed by atoms with Crippen LogP contribution in [0.25, 0.3) is 11.3 Å². The van der Waals surface area contributed by atoms with Gasteiger partial charge >= 0.3 is 0 Å². The second kappa shape index (κ2) is 8.08. The molecule has 0 fully saturated rings. The Bertz CT molecular complexity index is 936. The summed E-state index contributed by atoms with van der Waals surface area (Å²) in [5, 5.41) is 6.14. The van der Waals surface area contributed by atoms with Crippen LogP contribution in [0, 0.1) is 13.8 Å². The van der Waals surface area contributed by atoms with Crippen molar-refractivity contribution >= 4 is 45.6 Å². The zero-order valence-corrected chi connectivity index (χ0v) is 16.5. The summed E-state index contributed by atoms with van der Waals surface area (Å²) < 4.78 is 5.65. The third kappa shape index (κ3) is 4.36. The van der Waals surface area contributed by atoms with Gasteiger partial charge in [-0.1, -0.05) is 41.4 Å². The van der Waals surface area contributed by atoms with Gasteiger partial charge in [0.25, 0.3) is 5.91 Å². The highest BCUT2D eigenvalue weighted by atomic mass is 35.5. The second-order valence-electron chi connectivity index (χ2n) is 5.72. The number of thiazole rings is 1. The number of carbonyl (C=O) groups excluding carboxylic acids is 1. The quantitative estimate of drug-likeness (QED) is 0.586. The first-order valence-electron chi connectivity index (χ1n) is 7.84. The van der Waals surface area contributed by atoms with Crippen molar-refractivity contribution in [2.24, 2.45) is 0 Å². The van der Waals surface area contributed by atoms with Crippen LogP contribution in [-0.2, 0) is 4.79 Å². The average molecular weight is 407 g/mol. The number of rotatable bonds is 5. The zero-order valence-electron chi connectivity index (χ0n) is 14.2. The first-order chi connectivity index (χ1) is 12.4. The van der Waals surface area contributed by atoms with Gasteiger partial charge in [-0.2, -0.15) is 0 Å². The van der Waals surface area contributed by atoms with E-state index in [0.29, 0.717) is 20.9 Å². The molecule has 0 spiro atoms. The molecule has 0 radical (unpaired) electrons. The first kappa shape index (κ1) is 18.7. The topological polar surface area (TPSA) is 51.2 Å². The van der Waals surface area contributed by atoms with Gasteiger partial charge in [0.15, 0.2) is 11.7 Å². The van der Waals surface area contributed by atoms with Crippen molar-refractivity contribution < 1.29 is 9.53 Å². The molecule has 1 aromatic heterocycles. The molecule has 0 unspecified atom stereocenters. The predicted molar refractivity (Wildman–Crippen MR) is 108 cm³/mol. The molecule has 0 bridgehead atoms. The van der Waals surface area contributed by atoms with E-state index in [1.54, 1.807) is 18.2 Å². The molecule has 0 atom stereocenters. The molecule has 4 nitrogen and oxygen atoms in total. The van der Waals surface area contributed by atoms with Crippen LogP contribution in [0.3, 0.4) is 0 Å². The van der Waals surface area contributed by atoms with Crippen LogP contribution in [0.2, 0.25) is 10.0 Å². The van der Waals surface area contributed by atoms with Crippen molar-refractivity contribution in [1.82, 2.24) is 4.98 Å². The molecule has 26 heavy (non-hydrogen) atoms. The van der Waals surface area contributed by atoms with Crippen molar-refractivity contribution in [2.45, 2.75) is 13.8 Å². The first-order valence-corrected chi connectivity index (χ1v) is 9.47. The minimum absolute atomic E-state index is 0.0810. The minimum Gasteiger partial charge on any atom is -0.483 e. The highest BCUT2D eigenvalue weighted by molar-refractivity contribution is 7.14. The minimum atomic E-state index is -0.268. The monoisotopic (exact) mass is 406 g/mol. The summed E-state index contributed by atoms with van der Waals surface area (Å²) in [5.74, 6) is 0.464. The Kier molecular flexibility index (Phi) is 5.81. The molecule has 0 saturated heterocycles. The summed E-state index contributed by atoms with van der Waals surface area (Å²) in [5.41, 5.74) is 3.43. The van der Waals surface area contributed by atoms with E-state index in [1.807, 2.05) is 37.4 Å². The Morgan fingerprint density at radius 1 is 1.19 bits per heavy atom. The summed E-state index contributed by atoms with van der Waals surface area (Å²) >= 11 is 13.4. The molecule has 0 aliphatic heterocycles. The predicted octanol–water partition coefficient (Wildman–Crippen LogP) is 5.75. The number of para-hydroxylation sites is 1. The van der Waals surface area contributed by atoms with E-state index in [9.17, 15) is 4.79 Å². The van der Waals surface area contributed by atoms with Gasteiger partial charge in [-0.15, -0.1) is 11.3 Å². The third-order valence-electron chi connectivity index (χ3n) is 3.71. The van der Waals surface area contributed by atoms with Crippen molar-refractivity contribution in [3.05, 3.63) is 63.0 Å². The number of amides is 1. The number of aryl methyl sites for hydroxylation is 2. The number of carbonyl (C=O) groups is 1. The van der Waals surface area contributed by atoms with Gasteiger partial charge in [-0.3, -0.25) is 10.1 Å². The van der Waals surface area contributed by atoms with Gasteiger partial charge in [0.2, 0.25) is 0 Å². The molecule has 1 amide bonds. The molecule has 3 aromatic rings. The summed E-state index contributed by atoms with van der Waals surface area (Å²) in [6, 6.07) is 11.1. The van der Waals surface area contributed by atoms with E-state index in [2.05, 4.69) is 10.3 Å². The smallest absolute Gasteiger partial charge is 0.264 e. The molecular weight excluding hydrogens is 391 g/mol. The van der Waals surface area contributed by atoms with E-state index in [4.69, 9.17) is 27.9 Å². The van der Waals surface area contributed by atoms with Crippen LogP contribution < -0.4 is 10.1 Å². The molecule has 0 aliphatic carbocycles. The summed E-state index contributed by atoms with van der Waals surface area (Å²) in [7, 11) is 0. The zero-order chi connectivity index (χ0) is 18.7. The largest absolute Gasteiger partial charge is 0.483 e. The number of anilines is 1.